The largest absolute Gasteiger partial charge is 0.449 e. The van der Waals surface area contributed by atoms with Gasteiger partial charge in [0, 0.05) is 68.2 Å². The Morgan fingerprint density at radius 2 is 1.48 bits per heavy atom. The first-order valence-electron chi connectivity index (χ1n) is 24.3. The molecule has 0 aromatic heterocycles. The van der Waals surface area contributed by atoms with E-state index in [9.17, 15) is 19.2 Å². The number of likely N-dealkylation sites (tertiary alicyclic amines) is 1. The Balaban J connectivity index is 0.670. The molecule has 14 nitrogen and oxygen atoms in total. The highest BCUT2D eigenvalue weighted by atomic mass is 17.3. The summed E-state index contributed by atoms with van der Waals surface area (Å²) in [6.07, 6.45) is 8.62. The van der Waals surface area contributed by atoms with E-state index in [1.807, 2.05) is 69.3 Å². The van der Waals surface area contributed by atoms with Gasteiger partial charge in [0.25, 0.3) is 0 Å². The summed E-state index contributed by atoms with van der Waals surface area (Å²) < 4.78 is 24.0. The van der Waals surface area contributed by atoms with Gasteiger partial charge < -0.3 is 39.8 Å². The van der Waals surface area contributed by atoms with Crippen LogP contribution in [0.25, 0.3) is 11.1 Å². The molecule has 7 atom stereocenters. The third-order valence-electron chi connectivity index (χ3n) is 15.3. The van der Waals surface area contributed by atoms with Crippen molar-refractivity contribution < 1.29 is 47.9 Å². The molecule has 8 aliphatic rings. The second kappa shape index (κ2) is 17.8. The number of ether oxygens (including phenoxy) is 4. The van der Waals surface area contributed by atoms with Gasteiger partial charge in [-0.15, -0.1) is 0 Å². The van der Waals surface area contributed by atoms with E-state index in [4.69, 9.17) is 28.7 Å². The third-order valence-corrected chi connectivity index (χ3v) is 15.3. The van der Waals surface area contributed by atoms with E-state index in [1.165, 1.54) is 22.3 Å². The van der Waals surface area contributed by atoms with Crippen molar-refractivity contribution in [1.82, 2.24) is 20.9 Å². The Kier molecular flexibility index (Phi) is 12.0. The number of nitrogens with zero attached hydrogens (tertiary/aromatic N) is 1. The lowest BCUT2D eigenvalue weighted by Crippen LogP contribution is -2.69. The minimum atomic E-state index is -0.840. The van der Waals surface area contributed by atoms with Gasteiger partial charge in [-0.2, -0.15) is 9.78 Å². The van der Waals surface area contributed by atoms with Crippen LogP contribution >= 0.6 is 0 Å². The second-order valence-electron chi connectivity index (χ2n) is 21.1. The van der Waals surface area contributed by atoms with Gasteiger partial charge in [-0.25, -0.2) is 14.4 Å². The molecule has 2 heterocycles. The molecule has 2 aliphatic heterocycles. The number of carbonyl (C=O) groups is 4. The molecule has 66 heavy (non-hydrogen) atoms. The van der Waals surface area contributed by atoms with Crippen molar-refractivity contribution in [2.75, 3.05) is 26.2 Å². The zero-order valence-corrected chi connectivity index (χ0v) is 38.4. The van der Waals surface area contributed by atoms with Crippen molar-refractivity contribution in [3.63, 3.8) is 0 Å². The van der Waals surface area contributed by atoms with Crippen LogP contribution < -0.4 is 20.7 Å². The fourth-order valence-corrected chi connectivity index (χ4v) is 12.6. The second-order valence-corrected chi connectivity index (χ2v) is 21.1. The van der Waals surface area contributed by atoms with E-state index in [-0.39, 0.29) is 47.8 Å². The average Bonchev–Trinajstić information content (AvgIpc) is 3.81. The maximum absolute atomic E-state index is 13.2. The van der Waals surface area contributed by atoms with Crippen LogP contribution in [0.2, 0.25) is 0 Å². The number of nitrogens with one attached hydrogen (secondary N) is 3. The quantitative estimate of drug-likeness (QED) is 0.132. The Hall–Kier alpha value is -5.18. The summed E-state index contributed by atoms with van der Waals surface area (Å²) in [4.78, 5) is 65.8. The topological polar surface area (TPSA) is 163 Å². The van der Waals surface area contributed by atoms with Crippen LogP contribution in [-0.2, 0) is 28.8 Å². The highest BCUT2D eigenvalue weighted by molar-refractivity contribution is 5.79. The number of piperidine rings is 1. The number of alkyl carbamates (subject to hydrolysis) is 2. The fraction of sp³-hybridized carbons (Fsp3) is 0.577. The summed E-state index contributed by atoms with van der Waals surface area (Å²) in [5.74, 6) is -0.241. The summed E-state index contributed by atoms with van der Waals surface area (Å²) in [6, 6.07) is 24.2. The van der Waals surface area contributed by atoms with Crippen LogP contribution in [0.3, 0.4) is 0 Å². The molecule has 11 rings (SSSR count). The van der Waals surface area contributed by atoms with Crippen molar-refractivity contribution in [2.45, 2.75) is 145 Å². The van der Waals surface area contributed by atoms with Crippen LogP contribution in [-0.4, -0.2) is 84.1 Å². The molecule has 3 aromatic rings. The van der Waals surface area contributed by atoms with Crippen molar-refractivity contribution >= 4 is 24.2 Å². The number of rotatable bonds is 10. The van der Waals surface area contributed by atoms with Crippen molar-refractivity contribution in [3.05, 3.63) is 89.5 Å². The zero-order valence-electron chi connectivity index (χ0n) is 38.4. The lowest BCUT2D eigenvalue weighted by Gasteiger charge is -2.62. The lowest BCUT2D eigenvalue weighted by atomic mass is 9.50. The molecule has 5 saturated carbocycles. The van der Waals surface area contributed by atoms with Crippen LogP contribution in [0.1, 0.15) is 133 Å². The predicted molar refractivity (Wildman–Crippen MR) is 243 cm³/mol. The molecule has 14 heteroatoms. The van der Waals surface area contributed by atoms with Gasteiger partial charge in [-0.1, -0.05) is 60.7 Å². The Morgan fingerprint density at radius 3 is 2.17 bits per heavy atom. The molecule has 0 radical (unpaired) electrons. The van der Waals surface area contributed by atoms with Gasteiger partial charge >= 0.3 is 18.3 Å². The first-order valence-corrected chi connectivity index (χ1v) is 24.3. The molecule has 2 saturated heterocycles. The maximum atomic E-state index is 13.2. The molecule has 352 valence electrons. The summed E-state index contributed by atoms with van der Waals surface area (Å²) in [6.45, 7) is 7.04. The van der Waals surface area contributed by atoms with E-state index in [2.05, 4.69) is 40.2 Å². The summed E-state index contributed by atoms with van der Waals surface area (Å²) in [5.41, 5.74) is 5.01. The minimum absolute atomic E-state index is 0.00282. The van der Waals surface area contributed by atoms with E-state index < -0.39 is 35.5 Å². The van der Waals surface area contributed by atoms with E-state index in [1.54, 1.807) is 4.90 Å². The van der Waals surface area contributed by atoms with E-state index >= 15 is 0 Å². The highest BCUT2D eigenvalue weighted by Gasteiger charge is 2.70. The monoisotopic (exact) mass is 904 g/mol. The lowest BCUT2D eigenvalue weighted by molar-refractivity contribution is -0.391. The van der Waals surface area contributed by atoms with Gasteiger partial charge in [-0.3, -0.25) is 4.79 Å². The molecule has 3 unspecified atom stereocenters. The van der Waals surface area contributed by atoms with Crippen LogP contribution in [0.15, 0.2) is 72.8 Å². The summed E-state index contributed by atoms with van der Waals surface area (Å²) in [5, 5.41) is 9.19. The predicted octanol–water partition coefficient (Wildman–Crippen LogP) is 9.22. The molecule has 4 amide bonds. The van der Waals surface area contributed by atoms with Gasteiger partial charge in [0.15, 0.2) is 0 Å². The van der Waals surface area contributed by atoms with Gasteiger partial charge in [-0.05, 0) is 137 Å². The SMILES string of the molecule is CC(C)(C)OC(=O)NCCCC(=O)NC12CC3C[C@H](C1)C1(OO[C@@]4(CCC[C@@H](c5ccc(OC(=O)N6CCC(NC(=O)OCC7c8ccccc8-c8ccccc87)CC6)cc5)C4)O1)[C@@H](C3)C2. The number of hydrogen-bond donors (Lipinski definition) is 3. The van der Waals surface area contributed by atoms with Crippen molar-refractivity contribution in [1.29, 1.82) is 0 Å². The Labute approximate surface area is 387 Å². The van der Waals surface area contributed by atoms with Crippen LogP contribution in [0, 0.1) is 17.8 Å². The van der Waals surface area contributed by atoms with Crippen LogP contribution in [0.4, 0.5) is 14.4 Å². The number of hydrogen-bond acceptors (Lipinski definition) is 10. The molecular formula is C52H64N4O10. The normalized spacial score (nSPS) is 29.9. The number of amides is 4. The van der Waals surface area contributed by atoms with E-state index in [0.29, 0.717) is 63.4 Å². The summed E-state index contributed by atoms with van der Waals surface area (Å²) >= 11 is 0. The molecule has 6 aliphatic carbocycles. The first-order chi connectivity index (χ1) is 31.8. The van der Waals surface area contributed by atoms with Gasteiger partial charge in [0.1, 0.15) is 18.0 Å². The van der Waals surface area contributed by atoms with Crippen molar-refractivity contribution in [3.8, 4) is 16.9 Å². The number of carbonyl (C=O) groups excluding carboxylic acids is 4. The first kappa shape index (κ1) is 44.6. The Bertz CT molecular complexity index is 2240. The smallest absolute Gasteiger partial charge is 0.415 e. The van der Waals surface area contributed by atoms with Crippen molar-refractivity contribution in [2.24, 2.45) is 17.8 Å². The fourth-order valence-electron chi connectivity index (χ4n) is 12.6. The number of benzene rings is 3. The zero-order chi connectivity index (χ0) is 45.7. The Morgan fingerprint density at radius 1 is 0.803 bits per heavy atom. The van der Waals surface area contributed by atoms with Gasteiger partial charge in [0.05, 0.1) is 0 Å². The highest BCUT2D eigenvalue weighted by Crippen LogP contribution is 2.65. The maximum Gasteiger partial charge on any atom is 0.415 e. The number of fused-ring (bicyclic) bond motifs is 3. The van der Waals surface area contributed by atoms with E-state index in [0.717, 1.165) is 56.9 Å². The molecule has 7 fully saturated rings. The minimum Gasteiger partial charge on any atom is -0.449 e. The van der Waals surface area contributed by atoms with Gasteiger partial charge in [0.2, 0.25) is 17.5 Å². The molecular weight excluding hydrogens is 841 g/mol. The van der Waals surface area contributed by atoms with Crippen LogP contribution in [0.5, 0.6) is 5.75 Å². The molecule has 3 N–H and O–H groups in total. The molecule has 3 aromatic carbocycles. The summed E-state index contributed by atoms with van der Waals surface area (Å²) in [7, 11) is 0. The molecule has 4 bridgehead atoms. The standard InChI is InChI=1S/C52H64N4O10/c1-49(2,3)63-46(58)53-23-9-15-45(57)55-50-28-33-26-36(30-50)52(37(27-33)31-50)64-51(65-66-52)22-8-10-35(29-51)34-16-18-39(19-17-34)62-48(60)56-24-20-38(21-25-56)54-47(59)61-32-44-42-13-6-4-11-40(42)41-12-5-7-14-43(41)44/h4-7,11-14,16-19,33,35-38,44H,8-10,15,20-32H2,1-3H3,(H,53,58)(H,54,59)(H,55,57)/t33?,35-,36-,37+,50?,51-,52?/m1/s1. The average molecular weight is 905 g/mol. The molecule has 2 spiro atoms. The third kappa shape index (κ3) is 9.12.